The predicted octanol–water partition coefficient (Wildman–Crippen LogP) is 2.69. The third kappa shape index (κ3) is 2.76. The Bertz CT molecular complexity index is 1100. The van der Waals surface area contributed by atoms with Crippen molar-refractivity contribution in [3.8, 4) is 0 Å². The lowest BCUT2D eigenvalue weighted by molar-refractivity contribution is 0.688. The van der Waals surface area contributed by atoms with E-state index in [1.165, 1.54) is 22.0 Å². The summed E-state index contributed by atoms with van der Waals surface area (Å²) in [6.07, 6.45) is 3.08. The van der Waals surface area contributed by atoms with Crippen molar-refractivity contribution in [2.24, 2.45) is 14.1 Å². The minimum atomic E-state index is 0.0134. The van der Waals surface area contributed by atoms with Crippen LogP contribution in [0.25, 0.3) is 21.9 Å². The molecule has 0 aliphatic heterocycles. The molecule has 2 N–H and O–H groups in total. The highest BCUT2D eigenvalue weighted by Gasteiger charge is 2.08. The van der Waals surface area contributed by atoms with E-state index in [0.29, 0.717) is 0 Å². The van der Waals surface area contributed by atoms with Crippen molar-refractivity contribution < 1.29 is 0 Å². The Kier molecular flexibility index (Phi) is 3.93. The van der Waals surface area contributed by atoms with E-state index in [1.54, 1.807) is 9.13 Å². The van der Waals surface area contributed by atoms with Gasteiger partial charge < -0.3 is 10.3 Å². The van der Waals surface area contributed by atoms with Gasteiger partial charge in [-0.05, 0) is 42.3 Å². The van der Waals surface area contributed by atoms with E-state index < -0.39 is 0 Å². The minimum absolute atomic E-state index is 0.0134. The average molecular weight is 334 g/mol. The Labute approximate surface area is 145 Å². The maximum atomic E-state index is 12.0. The largest absolute Gasteiger partial charge is 0.361 e. The van der Waals surface area contributed by atoms with Crippen LogP contribution in [0.4, 0.5) is 0 Å². The minimum Gasteiger partial charge on any atom is -0.361 e. The van der Waals surface area contributed by atoms with Crippen LogP contribution < -0.4 is 11.0 Å². The Morgan fingerprint density at radius 2 is 1.84 bits per heavy atom. The number of rotatable bonds is 5. The number of nitrogens with zero attached hydrogens (tertiary/aromatic N) is 2. The molecular formula is C20H22N4O. The standard InChI is InChI=1S/C20H22N4O/c1-23-18-8-7-14(11-19(18)24(2)20(23)25)12-21-10-9-15-13-22-17-6-4-3-5-16(15)17/h3-8,11,13,21-22H,9-10,12H2,1-2H3. The van der Waals surface area contributed by atoms with Crippen LogP contribution in [0.3, 0.4) is 0 Å². The summed E-state index contributed by atoms with van der Waals surface area (Å²) in [5, 5.41) is 4.80. The highest BCUT2D eigenvalue weighted by molar-refractivity contribution is 5.83. The smallest absolute Gasteiger partial charge is 0.328 e. The zero-order valence-electron chi connectivity index (χ0n) is 14.5. The molecule has 0 bridgehead atoms. The molecule has 4 aromatic rings. The molecule has 2 aromatic heterocycles. The first kappa shape index (κ1) is 15.7. The van der Waals surface area contributed by atoms with Crippen molar-refractivity contribution >= 4 is 21.9 Å². The molecule has 4 rings (SSSR count). The van der Waals surface area contributed by atoms with Crippen LogP contribution in [0.1, 0.15) is 11.1 Å². The molecule has 0 unspecified atom stereocenters. The van der Waals surface area contributed by atoms with Crippen LogP contribution >= 0.6 is 0 Å². The number of hydrogen-bond donors (Lipinski definition) is 2. The number of aryl methyl sites for hydroxylation is 2. The molecule has 0 saturated heterocycles. The van der Waals surface area contributed by atoms with Gasteiger partial charge in [0.15, 0.2) is 0 Å². The highest BCUT2D eigenvalue weighted by Crippen LogP contribution is 2.18. The third-order valence-corrected chi connectivity index (χ3v) is 4.91. The lowest BCUT2D eigenvalue weighted by Crippen LogP contribution is -2.19. The van der Waals surface area contributed by atoms with Crippen LogP contribution in [0.15, 0.2) is 53.5 Å². The first-order valence-corrected chi connectivity index (χ1v) is 8.55. The van der Waals surface area contributed by atoms with E-state index in [1.807, 2.05) is 26.2 Å². The molecule has 0 atom stereocenters. The number of aromatic nitrogens is 3. The predicted molar refractivity (Wildman–Crippen MR) is 102 cm³/mol. The summed E-state index contributed by atoms with van der Waals surface area (Å²) in [6, 6.07) is 14.6. The summed E-state index contributed by atoms with van der Waals surface area (Å²) in [5.74, 6) is 0. The second kappa shape index (κ2) is 6.26. The second-order valence-electron chi connectivity index (χ2n) is 6.51. The van der Waals surface area contributed by atoms with E-state index in [4.69, 9.17) is 0 Å². The number of aromatic amines is 1. The van der Waals surface area contributed by atoms with Crippen molar-refractivity contribution in [2.45, 2.75) is 13.0 Å². The maximum absolute atomic E-state index is 12.0. The van der Waals surface area contributed by atoms with Gasteiger partial charge in [0.2, 0.25) is 0 Å². The molecule has 128 valence electrons. The summed E-state index contributed by atoms with van der Waals surface area (Å²) >= 11 is 0. The Morgan fingerprint density at radius 3 is 2.72 bits per heavy atom. The molecule has 0 aliphatic rings. The zero-order valence-corrected chi connectivity index (χ0v) is 14.5. The average Bonchev–Trinajstić information content (AvgIpc) is 3.14. The lowest BCUT2D eigenvalue weighted by Gasteiger charge is -2.06. The van der Waals surface area contributed by atoms with Crippen molar-refractivity contribution in [3.05, 3.63) is 70.3 Å². The van der Waals surface area contributed by atoms with Gasteiger partial charge in [0.05, 0.1) is 11.0 Å². The lowest BCUT2D eigenvalue weighted by atomic mass is 10.1. The molecule has 5 heteroatoms. The summed E-state index contributed by atoms with van der Waals surface area (Å²) in [6.45, 7) is 1.70. The first-order chi connectivity index (χ1) is 12.1. The van der Waals surface area contributed by atoms with Gasteiger partial charge in [-0.25, -0.2) is 4.79 Å². The molecule has 5 nitrogen and oxygen atoms in total. The Morgan fingerprint density at radius 1 is 1.04 bits per heavy atom. The van der Waals surface area contributed by atoms with Gasteiger partial charge in [0.25, 0.3) is 0 Å². The summed E-state index contributed by atoms with van der Waals surface area (Å²) in [7, 11) is 3.63. The number of benzene rings is 2. The number of fused-ring (bicyclic) bond motifs is 2. The van der Waals surface area contributed by atoms with Gasteiger partial charge >= 0.3 is 5.69 Å². The summed E-state index contributed by atoms with van der Waals surface area (Å²) in [4.78, 5) is 15.3. The second-order valence-corrected chi connectivity index (χ2v) is 6.51. The normalized spacial score (nSPS) is 11.6. The molecule has 0 fully saturated rings. The summed E-state index contributed by atoms with van der Waals surface area (Å²) < 4.78 is 3.38. The van der Waals surface area contributed by atoms with Crippen molar-refractivity contribution in [3.63, 3.8) is 0 Å². The van der Waals surface area contributed by atoms with Gasteiger partial charge in [-0.1, -0.05) is 24.3 Å². The fourth-order valence-corrected chi connectivity index (χ4v) is 3.46. The third-order valence-electron chi connectivity index (χ3n) is 4.91. The number of para-hydroxylation sites is 1. The molecule has 0 spiro atoms. The molecule has 2 aromatic carbocycles. The van der Waals surface area contributed by atoms with Crippen LogP contribution in [0, 0.1) is 0 Å². The molecule has 0 radical (unpaired) electrons. The van der Waals surface area contributed by atoms with Crippen LogP contribution in [-0.2, 0) is 27.1 Å². The topological polar surface area (TPSA) is 54.8 Å². The quantitative estimate of drug-likeness (QED) is 0.551. The summed E-state index contributed by atoms with van der Waals surface area (Å²) in [5.41, 5.74) is 5.67. The van der Waals surface area contributed by atoms with E-state index in [0.717, 1.165) is 30.5 Å². The number of imidazole rings is 1. The Hall–Kier alpha value is -2.79. The van der Waals surface area contributed by atoms with Crippen molar-refractivity contribution in [1.29, 1.82) is 0 Å². The zero-order chi connectivity index (χ0) is 17.4. The van der Waals surface area contributed by atoms with Gasteiger partial charge in [0.1, 0.15) is 0 Å². The first-order valence-electron chi connectivity index (χ1n) is 8.55. The van der Waals surface area contributed by atoms with E-state index in [-0.39, 0.29) is 5.69 Å². The molecule has 2 heterocycles. The molecule has 25 heavy (non-hydrogen) atoms. The van der Waals surface area contributed by atoms with E-state index >= 15 is 0 Å². The fourth-order valence-electron chi connectivity index (χ4n) is 3.46. The van der Waals surface area contributed by atoms with E-state index in [9.17, 15) is 4.79 Å². The van der Waals surface area contributed by atoms with E-state index in [2.05, 4.69) is 46.8 Å². The van der Waals surface area contributed by atoms with Gasteiger partial charge in [0, 0.05) is 37.7 Å². The molecule has 0 amide bonds. The molecule has 0 aliphatic carbocycles. The molecule has 0 saturated carbocycles. The number of nitrogens with one attached hydrogen (secondary N) is 2. The van der Waals surface area contributed by atoms with Gasteiger partial charge in [-0.3, -0.25) is 9.13 Å². The monoisotopic (exact) mass is 334 g/mol. The SMILES string of the molecule is Cn1c(=O)n(C)c2cc(CNCCc3c[nH]c4ccccc34)ccc21. The van der Waals surface area contributed by atoms with Crippen molar-refractivity contribution in [2.75, 3.05) is 6.54 Å². The van der Waals surface area contributed by atoms with Crippen molar-refractivity contribution in [1.82, 2.24) is 19.4 Å². The fraction of sp³-hybridized carbons (Fsp3) is 0.250. The number of H-pyrrole nitrogens is 1. The van der Waals surface area contributed by atoms with Crippen LogP contribution in [0.5, 0.6) is 0 Å². The maximum Gasteiger partial charge on any atom is 0.328 e. The van der Waals surface area contributed by atoms with Gasteiger partial charge in [-0.15, -0.1) is 0 Å². The highest BCUT2D eigenvalue weighted by atomic mass is 16.1. The number of hydrogen-bond acceptors (Lipinski definition) is 2. The van der Waals surface area contributed by atoms with Crippen LogP contribution in [0.2, 0.25) is 0 Å². The Balaban J connectivity index is 1.42. The van der Waals surface area contributed by atoms with Crippen LogP contribution in [-0.4, -0.2) is 20.7 Å². The molecular weight excluding hydrogens is 312 g/mol. The van der Waals surface area contributed by atoms with Gasteiger partial charge in [-0.2, -0.15) is 0 Å².